The normalized spacial score (nSPS) is 24.1. The molecule has 0 spiro atoms. The maximum Gasteiger partial charge on any atom is 0.126 e. The van der Waals surface area contributed by atoms with Crippen LogP contribution in [0.3, 0.4) is 0 Å². The molecule has 1 fully saturated rings. The molecule has 0 aromatic carbocycles. The third-order valence-electron chi connectivity index (χ3n) is 4.16. The maximum absolute atomic E-state index is 10.1. The van der Waals surface area contributed by atoms with Crippen LogP contribution in [0.5, 0.6) is 0 Å². The number of halogens is 1. The number of hydrogen-bond acceptors (Lipinski definition) is 4. The summed E-state index contributed by atoms with van der Waals surface area (Å²) < 4.78 is 6.34. The van der Waals surface area contributed by atoms with Gasteiger partial charge in [-0.25, -0.2) is 0 Å². The second-order valence-electron chi connectivity index (χ2n) is 5.61. The fourth-order valence-electron chi connectivity index (χ4n) is 2.98. The molecule has 3 atom stereocenters. The van der Waals surface area contributed by atoms with E-state index < -0.39 is 0 Å². The van der Waals surface area contributed by atoms with Crippen molar-refractivity contribution in [2.75, 3.05) is 6.54 Å². The number of hydrogen-bond donors (Lipinski definition) is 2. The third-order valence-corrected chi connectivity index (χ3v) is 5.46. The van der Waals surface area contributed by atoms with Gasteiger partial charge in [0.25, 0.3) is 0 Å². The van der Waals surface area contributed by atoms with E-state index in [0.29, 0.717) is 5.92 Å². The minimum atomic E-state index is -0.185. The molecule has 1 aliphatic carbocycles. The molecular weight excluding hydrogens is 306 g/mol. The van der Waals surface area contributed by atoms with E-state index in [9.17, 15) is 5.11 Å². The summed E-state index contributed by atoms with van der Waals surface area (Å²) >= 11 is 7.62. The van der Waals surface area contributed by atoms with Crippen molar-refractivity contribution >= 4 is 22.9 Å². The van der Waals surface area contributed by atoms with Crippen LogP contribution >= 0.6 is 22.9 Å². The van der Waals surface area contributed by atoms with E-state index >= 15 is 0 Å². The smallest absolute Gasteiger partial charge is 0.126 e. The van der Waals surface area contributed by atoms with E-state index in [4.69, 9.17) is 16.0 Å². The zero-order chi connectivity index (χ0) is 14.7. The number of nitrogens with one attached hydrogen (secondary N) is 1. The molecule has 2 aromatic rings. The van der Waals surface area contributed by atoms with Crippen molar-refractivity contribution in [3.63, 3.8) is 0 Å². The Labute approximate surface area is 133 Å². The van der Waals surface area contributed by atoms with E-state index in [1.165, 1.54) is 6.42 Å². The van der Waals surface area contributed by atoms with Gasteiger partial charge < -0.3 is 14.8 Å². The van der Waals surface area contributed by atoms with E-state index in [2.05, 4.69) is 5.32 Å². The first-order valence-corrected chi connectivity index (χ1v) is 8.63. The quantitative estimate of drug-likeness (QED) is 0.865. The highest BCUT2D eigenvalue weighted by Gasteiger charge is 2.25. The monoisotopic (exact) mass is 325 g/mol. The molecular formula is C16H20ClNO2S. The molecule has 0 bridgehead atoms. The molecule has 2 N–H and O–H groups in total. The average Bonchev–Trinajstić information content (AvgIpc) is 3.13. The SMILES string of the molecule is OC1CCCCC1CNC(c1ccco1)c1ccc(Cl)s1. The zero-order valence-corrected chi connectivity index (χ0v) is 13.4. The number of thiophene rings is 1. The molecule has 1 saturated carbocycles. The van der Waals surface area contributed by atoms with Gasteiger partial charge in [-0.1, -0.05) is 24.4 Å². The lowest BCUT2D eigenvalue weighted by molar-refractivity contribution is 0.0684. The average molecular weight is 326 g/mol. The largest absolute Gasteiger partial charge is 0.467 e. The fraction of sp³-hybridized carbons (Fsp3) is 0.500. The molecule has 3 rings (SSSR count). The van der Waals surface area contributed by atoms with Gasteiger partial charge in [0.05, 0.1) is 16.7 Å². The van der Waals surface area contributed by atoms with Gasteiger partial charge in [-0.2, -0.15) is 0 Å². The molecule has 3 nitrogen and oxygen atoms in total. The van der Waals surface area contributed by atoms with Gasteiger partial charge in [-0.05, 0) is 43.0 Å². The van der Waals surface area contributed by atoms with Crippen LogP contribution in [0.25, 0.3) is 0 Å². The summed E-state index contributed by atoms with van der Waals surface area (Å²) in [6.45, 7) is 0.794. The molecule has 1 aliphatic rings. The second-order valence-corrected chi connectivity index (χ2v) is 7.36. The highest BCUT2D eigenvalue weighted by molar-refractivity contribution is 7.16. The van der Waals surface area contributed by atoms with E-state index in [1.54, 1.807) is 17.6 Å². The van der Waals surface area contributed by atoms with Crippen molar-refractivity contribution < 1.29 is 9.52 Å². The van der Waals surface area contributed by atoms with Gasteiger partial charge >= 0.3 is 0 Å². The molecule has 2 aromatic heterocycles. The number of aliphatic hydroxyl groups is 1. The van der Waals surface area contributed by atoms with Crippen LogP contribution in [-0.4, -0.2) is 17.8 Å². The summed E-state index contributed by atoms with van der Waals surface area (Å²) in [7, 11) is 0. The lowest BCUT2D eigenvalue weighted by atomic mass is 9.86. The Balaban J connectivity index is 1.71. The molecule has 0 aliphatic heterocycles. The Bertz CT molecular complexity index is 554. The highest BCUT2D eigenvalue weighted by atomic mass is 35.5. The number of furan rings is 1. The van der Waals surface area contributed by atoms with Gasteiger partial charge in [0.2, 0.25) is 0 Å². The first kappa shape index (κ1) is 15.1. The lowest BCUT2D eigenvalue weighted by Gasteiger charge is -2.29. The summed E-state index contributed by atoms with van der Waals surface area (Å²) in [6, 6.07) is 7.82. The summed E-state index contributed by atoms with van der Waals surface area (Å²) in [5, 5.41) is 13.7. The molecule has 0 saturated heterocycles. The van der Waals surface area contributed by atoms with Crippen molar-refractivity contribution in [2.24, 2.45) is 5.92 Å². The van der Waals surface area contributed by atoms with E-state index in [1.807, 2.05) is 24.3 Å². The van der Waals surface area contributed by atoms with Crippen LogP contribution in [0.15, 0.2) is 34.9 Å². The van der Waals surface area contributed by atoms with Gasteiger partial charge in [-0.15, -0.1) is 11.3 Å². The lowest BCUT2D eigenvalue weighted by Crippen LogP contribution is -2.35. The van der Waals surface area contributed by atoms with Gasteiger partial charge in [0.1, 0.15) is 11.8 Å². The second kappa shape index (κ2) is 6.97. The first-order chi connectivity index (χ1) is 10.2. The van der Waals surface area contributed by atoms with Gasteiger partial charge in [0, 0.05) is 11.4 Å². The highest BCUT2D eigenvalue weighted by Crippen LogP contribution is 2.32. The third kappa shape index (κ3) is 3.69. The van der Waals surface area contributed by atoms with Crippen molar-refractivity contribution in [3.8, 4) is 0 Å². The fourth-order valence-corrected chi connectivity index (χ4v) is 4.12. The summed E-state index contributed by atoms with van der Waals surface area (Å²) in [6.07, 6.45) is 5.86. The summed E-state index contributed by atoms with van der Waals surface area (Å²) in [5.74, 6) is 1.21. The number of aliphatic hydroxyl groups excluding tert-OH is 1. The van der Waals surface area contributed by atoms with Gasteiger partial charge in [0.15, 0.2) is 0 Å². The van der Waals surface area contributed by atoms with E-state index in [0.717, 1.165) is 40.8 Å². The Hall–Kier alpha value is -0.810. The summed E-state index contributed by atoms with van der Waals surface area (Å²) in [4.78, 5) is 1.14. The Kier molecular flexibility index (Phi) is 5.01. The Morgan fingerprint density at radius 3 is 2.86 bits per heavy atom. The van der Waals surface area contributed by atoms with Crippen molar-refractivity contribution in [2.45, 2.75) is 37.8 Å². The van der Waals surface area contributed by atoms with Crippen molar-refractivity contribution in [1.29, 1.82) is 0 Å². The molecule has 5 heteroatoms. The minimum Gasteiger partial charge on any atom is -0.467 e. The molecule has 0 amide bonds. The summed E-state index contributed by atoms with van der Waals surface area (Å²) in [5.41, 5.74) is 0. The molecule has 2 heterocycles. The molecule has 0 radical (unpaired) electrons. The van der Waals surface area contributed by atoms with Crippen LogP contribution in [0.1, 0.15) is 42.4 Å². The van der Waals surface area contributed by atoms with Crippen LogP contribution in [-0.2, 0) is 0 Å². The van der Waals surface area contributed by atoms with E-state index in [-0.39, 0.29) is 12.1 Å². The topological polar surface area (TPSA) is 45.4 Å². The van der Waals surface area contributed by atoms with Crippen LogP contribution in [0.4, 0.5) is 0 Å². The predicted molar refractivity (Wildman–Crippen MR) is 85.8 cm³/mol. The predicted octanol–water partition coefficient (Wildman–Crippen LogP) is 4.22. The first-order valence-electron chi connectivity index (χ1n) is 7.44. The minimum absolute atomic E-state index is 0.00614. The molecule has 3 unspecified atom stereocenters. The van der Waals surface area contributed by atoms with Crippen LogP contribution in [0.2, 0.25) is 4.34 Å². The van der Waals surface area contributed by atoms with Crippen LogP contribution < -0.4 is 5.32 Å². The van der Waals surface area contributed by atoms with Gasteiger partial charge in [-0.3, -0.25) is 0 Å². The number of rotatable bonds is 5. The van der Waals surface area contributed by atoms with Crippen molar-refractivity contribution in [1.82, 2.24) is 5.32 Å². The zero-order valence-electron chi connectivity index (χ0n) is 11.8. The standard InChI is InChI=1S/C16H20ClNO2S/c17-15-8-7-14(21-15)16(13-6-3-9-20-13)18-10-11-4-1-2-5-12(11)19/h3,6-9,11-12,16,18-19H,1-2,4-5,10H2. The molecule has 114 valence electrons. The van der Waals surface area contributed by atoms with Crippen molar-refractivity contribution in [3.05, 3.63) is 45.5 Å². The Morgan fingerprint density at radius 1 is 1.33 bits per heavy atom. The Morgan fingerprint density at radius 2 is 2.19 bits per heavy atom. The maximum atomic E-state index is 10.1. The molecule has 21 heavy (non-hydrogen) atoms. The van der Waals surface area contributed by atoms with Crippen LogP contribution in [0, 0.1) is 5.92 Å².